The molecule has 0 saturated carbocycles. The van der Waals surface area contributed by atoms with E-state index in [4.69, 9.17) is 14.2 Å². The van der Waals surface area contributed by atoms with Gasteiger partial charge in [0.15, 0.2) is 5.69 Å². The van der Waals surface area contributed by atoms with E-state index in [2.05, 4.69) is 10.3 Å². The molecule has 0 radical (unpaired) electrons. The number of carbonyl (C=O) groups excluding carboxylic acids is 2. The zero-order valence-corrected chi connectivity index (χ0v) is 23.6. The summed E-state index contributed by atoms with van der Waals surface area (Å²) in [5.74, 6) is -0.124. The fourth-order valence-electron chi connectivity index (χ4n) is 4.75. The molecule has 0 fully saturated rings. The van der Waals surface area contributed by atoms with Crippen LogP contribution in [0.5, 0.6) is 5.75 Å². The third-order valence-electron chi connectivity index (χ3n) is 6.62. The summed E-state index contributed by atoms with van der Waals surface area (Å²) >= 11 is 0. The second-order valence-electron chi connectivity index (χ2n) is 10.0. The van der Waals surface area contributed by atoms with Crippen molar-refractivity contribution < 1.29 is 37.0 Å². The molecule has 0 aliphatic carbocycles. The van der Waals surface area contributed by atoms with Crippen LogP contribution in [-0.4, -0.2) is 34.8 Å². The van der Waals surface area contributed by atoms with Crippen molar-refractivity contribution >= 4 is 39.5 Å². The van der Waals surface area contributed by atoms with Gasteiger partial charge in [-0.15, -0.1) is 0 Å². The third-order valence-corrected chi connectivity index (χ3v) is 6.62. The van der Waals surface area contributed by atoms with Crippen molar-refractivity contribution in [1.82, 2.24) is 9.55 Å². The summed E-state index contributed by atoms with van der Waals surface area (Å²) in [5, 5.41) is 3.76. The number of aromatic nitrogens is 2. The van der Waals surface area contributed by atoms with Gasteiger partial charge in [0.1, 0.15) is 12.4 Å². The number of anilines is 1. The molecule has 43 heavy (non-hydrogen) atoms. The maximum Gasteiger partial charge on any atom is 0.416 e. The zero-order valence-electron chi connectivity index (χ0n) is 23.6. The number of alkyl halides is 3. The molecule has 5 rings (SSSR count). The normalized spacial score (nSPS) is 11.7. The Labute approximate surface area is 245 Å². The SMILES string of the molecule is COCc1c(C(=O)OC(C)C)ncc2c1c1cc(OCc3ccccc3)ccc1n2C(=O)Nc1ccc(C(F)(F)F)cc1. The smallest absolute Gasteiger partial charge is 0.416 e. The molecule has 222 valence electrons. The molecule has 0 saturated heterocycles. The molecule has 1 amide bonds. The van der Waals surface area contributed by atoms with Gasteiger partial charge in [-0.2, -0.15) is 13.2 Å². The molecule has 2 aromatic heterocycles. The van der Waals surface area contributed by atoms with Gasteiger partial charge in [-0.25, -0.2) is 14.6 Å². The minimum Gasteiger partial charge on any atom is -0.489 e. The standard InChI is InChI=1S/C32H28F3N3O5/c1-19(2)43-30(39)29-25(18-41-3)28-24-15-23(42-17-20-7-5-4-6-8-20)13-14-26(24)38(27(28)16-36-29)31(40)37-22-11-9-21(10-12-22)32(33,34)35/h4-16,19H,17-18H2,1-3H3,(H,37,40). The van der Waals surface area contributed by atoms with Gasteiger partial charge < -0.3 is 19.5 Å². The zero-order chi connectivity index (χ0) is 30.7. The van der Waals surface area contributed by atoms with E-state index in [1.165, 1.54) is 30.0 Å². The van der Waals surface area contributed by atoms with Crippen LogP contribution in [0.25, 0.3) is 21.8 Å². The van der Waals surface area contributed by atoms with E-state index in [0.717, 1.165) is 17.7 Å². The Morgan fingerprint density at radius 2 is 1.67 bits per heavy atom. The van der Waals surface area contributed by atoms with Crippen LogP contribution >= 0.6 is 0 Å². The average Bonchev–Trinajstić information content (AvgIpc) is 3.30. The molecule has 0 aliphatic rings. The number of benzene rings is 3. The Kier molecular flexibility index (Phi) is 8.36. The van der Waals surface area contributed by atoms with Gasteiger partial charge in [0.25, 0.3) is 0 Å². The van der Waals surface area contributed by atoms with Gasteiger partial charge in [0, 0.05) is 29.1 Å². The van der Waals surface area contributed by atoms with Crippen molar-refractivity contribution in [2.24, 2.45) is 0 Å². The van der Waals surface area contributed by atoms with Crippen LogP contribution in [0, 0.1) is 0 Å². The van der Waals surface area contributed by atoms with Crippen molar-refractivity contribution in [3.05, 3.63) is 101 Å². The van der Waals surface area contributed by atoms with Crippen molar-refractivity contribution in [3.8, 4) is 5.75 Å². The average molecular weight is 592 g/mol. The van der Waals surface area contributed by atoms with Gasteiger partial charge in [-0.1, -0.05) is 30.3 Å². The molecule has 8 nitrogen and oxygen atoms in total. The topological polar surface area (TPSA) is 91.7 Å². The maximum absolute atomic E-state index is 13.7. The van der Waals surface area contributed by atoms with Gasteiger partial charge in [0.05, 0.1) is 35.5 Å². The van der Waals surface area contributed by atoms with E-state index in [1.54, 1.807) is 32.0 Å². The van der Waals surface area contributed by atoms with Crippen molar-refractivity contribution in [2.75, 3.05) is 12.4 Å². The summed E-state index contributed by atoms with van der Waals surface area (Å²) < 4.78 is 57.4. The third kappa shape index (κ3) is 6.31. The molecule has 5 aromatic rings. The number of carbonyl (C=O) groups is 2. The number of nitrogens with zero attached hydrogens (tertiary/aromatic N) is 2. The van der Waals surface area contributed by atoms with Crippen LogP contribution in [0.4, 0.5) is 23.7 Å². The van der Waals surface area contributed by atoms with Crippen LogP contribution in [0.3, 0.4) is 0 Å². The van der Waals surface area contributed by atoms with Crippen LogP contribution in [0.15, 0.2) is 79.0 Å². The Hall–Kier alpha value is -4.90. The quantitative estimate of drug-likeness (QED) is 0.187. The number of hydrogen-bond acceptors (Lipinski definition) is 6. The Morgan fingerprint density at radius 3 is 2.33 bits per heavy atom. The highest BCUT2D eigenvalue weighted by Gasteiger charge is 2.30. The number of ether oxygens (including phenoxy) is 3. The minimum atomic E-state index is -4.51. The molecule has 1 N–H and O–H groups in total. The number of halogens is 3. The molecule has 2 heterocycles. The van der Waals surface area contributed by atoms with Gasteiger partial charge in [-0.3, -0.25) is 4.57 Å². The van der Waals surface area contributed by atoms with E-state index in [-0.39, 0.29) is 18.0 Å². The maximum atomic E-state index is 13.7. The van der Waals surface area contributed by atoms with Crippen LogP contribution < -0.4 is 10.1 Å². The largest absolute Gasteiger partial charge is 0.489 e. The number of methoxy groups -OCH3 is 1. The Balaban J connectivity index is 1.63. The van der Waals surface area contributed by atoms with E-state index < -0.39 is 29.8 Å². The summed E-state index contributed by atoms with van der Waals surface area (Å²) in [7, 11) is 1.47. The number of pyridine rings is 1. The first kappa shape index (κ1) is 29.6. The fraction of sp³-hybridized carbons (Fsp3) is 0.219. The highest BCUT2D eigenvalue weighted by molar-refractivity contribution is 6.17. The molecular formula is C32H28F3N3O5. The minimum absolute atomic E-state index is 0.0123. The van der Waals surface area contributed by atoms with E-state index in [1.807, 2.05) is 30.3 Å². The van der Waals surface area contributed by atoms with Crippen molar-refractivity contribution in [3.63, 3.8) is 0 Å². The summed E-state index contributed by atoms with van der Waals surface area (Å²) in [6, 6.07) is 18.3. The molecule has 0 unspecified atom stereocenters. The van der Waals surface area contributed by atoms with Crippen LogP contribution in [0.2, 0.25) is 0 Å². The summed E-state index contributed by atoms with van der Waals surface area (Å²) in [6.07, 6.45) is -3.51. The van der Waals surface area contributed by atoms with E-state index >= 15 is 0 Å². The van der Waals surface area contributed by atoms with Crippen molar-refractivity contribution in [1.29, 1.82) is 0 Å². The summed E-state index contributed by atoms with van der Waals surface area (Å²) in [5.41, 5.74) is 1.56. The first-order chi connectivity index (χ1) is 20.6. The number of hydrogen-bond donors (Lipinski definition) is 1. The highest BCUT2D eigenvalue weighted by Crippen LogP contribution is 2.36. The van der Waals surface area contributed by atoms with Crippen LogP contribution in [-0.2, 0) is 28.9 Å². The lowest BCUT2D eigenvalue weighted by Gasteiger charge is -2.13. The molecule has 0 aliphatic heterocycles. The van der Waals surface area contributed by atoms with E-state index in [9.17, 15) is 22.8 Å². The first-order valence-electron chi connectivity index (χ1n) is 13.4. The first-order valence-corrected chi connectivity index (χ1v) is 13.4. The Bertz CT molecular complexity index is 1780. The highest BCUT2D eigenvalue weighted by atomic mass is 19.4. The monoisotopic (exact) mass is 591 g/mol. The molecule has 0 spiro atoms. The van der Waals surface area contributed by atoms with Gasteiger partial charge in [0.2, 0.25) is 0 Å². The van der Waals surface area contributed by atoms with Gasteiger partial charge in [-0.05, 0) is 61.9 Å². The number of fused-ring (bicyclic) bond motifs is 3. The lowest BCUT2D eigenvalue weighted by atomic mass is 10.1. The number of esters is 1. The number of nitrogens with one attached hydrogen (secondary N) is 1. The number of amides is 1. The predicted octanol–water partition coefficient (Wildman–Crippen LogP) is 7.58. The fourth-order valence-corrected chi connectivity index (χ4v) is 4.75. The molecule has 11 heteroatoms. The second kappa shape index (κ2) is 12.1. The molecule has 3 aromatic carbocycles. The second-order valence-corrected chi connectivity index (χ2v) is 10.0. The molecular weight excluding hydrogens is 563 g/mol. The number of rotatable bonds is 8. The Morgan fingerprint density at radius 1 is 0.953 bits per heavy atom. The summed E-state index contributed by atoms with van der Waals surface area (Å²) in [4.78, 5) is 31.0. The predicted molar refractivity (Wildman–Crippen MR) is 155 cm³/mol. The molecule has 0 atom stereocenters. The lowest BCUT2D eigenvalue weighted by molar-refractivity contribution is -0.137. The molecule has 0 bridgehead atoms. The van der Waals surface area contributed by atoms with E-state index in [0.29, 0.717) is 39.7 Å². The lowest BCUT2D eigenvalue weighted by Crippen LogP contribution is -2.20. The summed E-state index contributed by atoms with van der Waals surface area (Å²) in [6.45, 7) is 3.74. The van der Waals surface area contributed by atoms with Gasteiger partial charge >= 0.3 is 18.2 Å². The van der Waals surface area contributed by atoms with Crippen LogP contribution in [0.1, 0.15) is 41.0 Å². The van der Waals surface area contributed by atoms with Crippen molar-refractivity contribution in [2.45, 2.75) is 39.3 Å².